The predicted molar refractivity (Wildman–Crippen MR) is 93.9 cm³/mol. The summed E-state index contributed by atoms with van der Waals surface area (Å²) in [4.78, 5) is 0. The molecule has 5 nitrogen and oxygen atoms in total. The van der Waals surface area contributed by atoms with Crippen molar-refractivity contribution in [1.29, 1.82) is 0 Å². The van der Waals surface area contributed by atoms with Crippen LogP contribution in [0.25, 0.3) is 10.9 Å². The van der Waals surface area contributed by atoms with Crippen LogP contribution in [0.5, 0.6) is 0 Å². The lowest BCUT2D eigenvalue weighted by atomic mass is 10.1. The number of nitrogens with zero attached hydrogens (tertiary/aromatic N) is 4. The third-order valence-corrected chi connectivity index (χ3v) is 4.65. The van der Waals surface area contributed by atoms with Crippen LogP contribution in [-0.4, -0.2) is 25.2 Å². The van der Waals surface area contributed by atoms with E-state index in [0.717, 1.165) is 12.4 Å². The topological polar surface area (TPSA) is 59.4 Å². The number of H-pyrrole nitrogens is 1. The molecule has 2 aromatic carbocycles. The van der Waals surface area contributed by atoms with E-state index in [2.05, 4.69) is 87.6 Å². The van der Waals surface area contributed by atoms with Gasteiger partial charge in [-0.15, -0.1) is 5.10 Å². The Labute approximate surface area is 140 Å². The van der Waals surface area contributed by atoms with Gasteiger partial charge in [0.15, 0.2) is 5.82 Å². The van der Waals surface area contributed by atoms with Crippen molar-refractivity contribution in [2.45, 2.75) is 26.8 Å². The largest absolute Gasteiger partial charge is 0.340 e. The number of nitrogens with one attached hydrogen (secondary N) is 1. The summed E-state index contributed by atoms with van der Waals surface area (Å²) in [7, 11) is 0. The van der Waals surface area contributed by atoms with Crippen LogP contribution in [0.3, 0.4) is 0 Å². The molecule has 0 aliphatic rings. The summed E-state index contributed by atoms with van der Waals surface area (Å²) in [5, 5.41) is 15.4. The molecule has 0 saturated carbocycles. The van der Waals surface area contributed by atoms with Gasteiger partial charge < -0.3 is 4.57 Å². The Balaban J connectivity index is 1.78. The summed E-state index contributed by atoms with van der Waals surface area (Å²) in [5.74, 6) is 0.781. The molecule has 0 aliphatic carbocycles. The fourth-order valence-electron chi connectivity index (χ4n) is 3.22. The highest BCUT2D eigenvalue weighted by Crippen LogP contribution is 2.27. The van der Waals surface area contributed by atoms with Crippen molar-refractivity contribution in [2.24, 2.45) is 0 Å². The SMILES string of the molecule is Cc1c(C)n(Cc2ccccc2)c2cc(Cc3nnn[nH]3)ccc12. The Morgan fingerprint density at radius 2 is 1.83 bits per heavy atom. The Hall–Kier alpha value is -2.95. The lowest BCUT2D eigenvalue weighted by Gasteiger charge is -2.09. The normalized spacial score (nSPS) is 11.2. The Kier molecular flexibility index (Phi) is 3.61. The first-order chi connectivity index (χ1) is 11.7. The maximum atomic E-state index is 3.98. The van der Waals surface area contributed by atoms with E-state index in [1.807, 2.05) is 0 Å². The molecule has 1 N–H and O–H groups in total. The van der Waals surface area contributed by atoms with Crippen molar-refractivity contribution in [3.05, 3.63) is 76.7 Å². The van der Waals surface area contributed by atoms with E-state index in [4.69, 9.17) is 0 Å². The molecule has 120 valence electrons. The number of fused-ring (bicyclic) bond motifs is 1. The molecule has 0 radical (unpaired) electrons. The molecule has 0 bridgehead atoms. The summed E-state index contributed by atoms with van der Waals surface area (Å²) in [6.45, 7) is 5.27. The summed E-state index contributed by atoms with van der Waals surface area (Å²) in [6, 6.07) is 17.2. The van der Waals surface area contributed by atoms with Crippen molar-refractivity contribution in [3.63, 3.8) is 0 Å². The molecule has 0 amide bonds. The third-order valence-electron chi connectivity index (χ3n) is 4.65. The van der Waals surface area contributed by atoms with E-state index in [9.17, 15) is 0 Å². The minimum absolute atomic E-state index is 0.706. The molecule has 0 saturated heterocycles. The minimum atomic E-state index is 0.706. The summed E-state index contributed by atoms with van der Waals surface area (Å²) < 4.78 is 2.39. The zero-order valence-corrected chi connectivity index (χ0v) is 13.8. The van der Waals surface area contributed by atoms with Crippen LogP contribution in [0, 0.1) is 13.8 Å². The van der Waals surface area contributed by atoms with Gasteiger partial charge in [0.05, 0.1) is 0 Å². The number of aryl methyl sites for hydroxylation is 1. The summed E-state index contributed by atoms with van der Waals surface area (Å²) in [5.41, 5.74) is 6.43. The molecule has 0 atom stereocenters. The van der Waals surface area contributed by atoms with Gasteiger partial charge >= 0.3 is 0 Å². The third kappa shape index (κ3) is 2.58. The minimum Gasteiger partial charge on any atom is -0.340 e. The van der Waals surface area contributed by atoms with Crippen molar-refractivity contribution in [1.82, 2.24) is 25.2 Å². The van der Waals surface area contributed by atoms with Gasteiger partial charge in [-0.2, -0.15) is 0 Å². The van der Waals surface area contributed by atoms with Crippen molar-refractivity contribution in [2.75, 3.05) is 0 Å². The van der Waals surface area contributed by atoms with Gasteiger partial charge in [-0.25, -0.2) is 5.10 Å². The lowest BCUT2D eigenvalue weighted by molar-refractivity contribution is 0.800. The number of hydrogen-bond donors (Lipinski definition) is 1. The maximum absolute atomic E-state index is 3.98. The van der Waals surface area contributed by atoms with Crippen LogP contribution >= 0.6 is 0 Å². The number of aromatic nitrogens is 5. The monoisotopic (exact) mass is 317 g/mol. The second-order valence-electron chi connectivity index (χ2n) is 6.16. The number of aromatic amines is 1. The molecular weight excluding hydrogens is 298 g/mol. The van der Waals surface area contributed by atoms with Gasteiger partial charge in [0.2, 0.25) is 0 Å². The van der Waals surface area contributed by atoms with E-state index in [1.165, 1.54) is 33.3 Å². The van der Waals surface area contributed by atoms with Crippen LogP contribution in [-0.2, 0) is 13.0 Å². The van der Waals surface area contributed by atoms with Gasteiger partial charge in [0.25, 0.3) is 0 Å². The highest BCUT2D eigenvalue weighted by atomic mass is 15.5. The van der Waals surface area contributed by atoms with E-state index in [1.54, 1.807) is 0 Å². The highest BCUT2D eigenvalue weighted by molar-refractivity contribution is 5.86. The fourth-order valence-corrected chi connectivity index (χ4v) is 3.22. The molecule has 4 rings (SSSR count). The molecule has 4 aromatic rings. The average molecular weight is 317 g/mol. The predicted octanol–water partition coefficient (Wildman–Crippen LogP) is 3.41. The van der Waals surface area contributed by atoms with E-state index in [0.29, 0.717) is 6.42 Å². The molecule has 0 fully saturated rings. The first-order valence-electron chi connectivity index (χ1n) is 8.07. The van der Waals surface area contributed by atoms with E-state index in [-0.39, 0.29) is 0 Å². The first-order valence-corrected chi connectivity index (χ1v) is 8.07. The quantitative estimate of drug-likeness (QED) is 0.627. The first kappa shape index (κ1) is 14.6. The highest BCUT2D eigenvalue weighted by Gasteiger charge is 2.12. The second kappa shape index (κ2) is 5.92. The van der Waals surface area contributed by atoms with Gasteiger partial charge in [0.1, 0.15) is 0 Å². The van der Waals surface area contributed by atoms with Crippen molar-refractivity contribution >= 4 is 10.9 Å². The Morgan fingerprint density at radius 3 is 2.58 bits per heavy atom. The molecular formula is C19H19N5. The molecule has 24 heavy (non-hydrogen) atoms. The van der Waals surface area contributed by atoms with Crippen LogP contribution in [0.1, 0.15) is 28.2 Å². The molecule has 5 heteroatoms. The number of benzene rings is 2. The second-order valence-corrected chi connectivity index (χ2v) is 6.16. The lowest BCUT2D eigenvalue weighted by Crippen LogP contribution is -2.02. The number of rotatable bonds is 4. The van der Waals surface area contributed by atoms with Crippen LogP contribution in [0.15, 0.2) is 48.5 Å². The van der Waals surface area contributed by atoms with Crippen molar-refractivity contribution in [3.8, 4) is 0 Å². The standard InChI is InChI=1S/C19H19N5/c1-13-14(2)24(12-15-6-4-3-5-7-15)18-10-16(8-9-17(13)18)11-19-20-22-23-21-19/h3-10H,11-12H2,1-2H3,(H,20,21,22,23). The summed E-state index contributed by atoms with van der Waals surface area (Å²) in [6.07, 6.45) is 0.706. The molecule has 0 aliphatic heterocycles. The average Bonchev–Trinajstić information content (AvgIpc) is 3.19. The van der Waals surface area contributed by atoms with Gasteiger partial charge in [0, 0.05) is 29.6 Å². The van der Waals surface area contributed by atoms with E-state index >= 15 is 0 Å². The maximum Gasteiger partial charge on any atom is 0.152 e. The van der Waals surface area contributed by atoms with Gasteiger partial charge in [-0.05, 0) is 47.0 Å². The zero-order chi connectivity index (χ0) is 16.5. The van der Waals surface area contributed by atoms with Gasteiger partial charge in [-0.3, -0.25) is 0 Å². The Bertz CT molecular complexity index is 968. The molecule has 0 unspecified atom stereocenters. The van der Waals surface area contributed by atoms with Crippen LogP contribution in [0.2, 0.25) is 0 Å². The zero-order valence-electron chi connectivity index (χ0n) is 13.8. The van der Waals surface area contributed by atoms with Crippen molar-refractivity contribution < 1.29 is 0 Å². The van der Waals surface area contributed by atoms with E-state index < -0.39 is 0 Å². The van der Waals surface area contributed by atoms with Crippen LogP contribution in [0.4, 0.5) is 0 Å². The number of tetrazole rings is 1. The summed E-state index contributed by atoms with van der Waals surface area (Å²) >= 11 is 0. The smallest absolute Gasteiger partial charge is 0.152 e. The van der Waals surface area contributed by atoms with Gasteiger partial charge in [-0.1, -0.05) is 42.5 Å². The molecule has 2 heterocycles. The molecule has 0 spiro atoms. The fraction of sp³-hybridized carbons (Fsp3) is 0.211. The Morgan fingerprint density at radius 1 is 1.00 bits per heavy atom. The molecule has 2 aromatic heterocycles. The van der Waals surface area contributed by atoms with Crippen LogP contribution < -0.4 is 0 Å². The number of hydrogen-bond acceptors (Lipinski definition) is 3.